The zero-order valence-corrected chi connectivity index (χ0v) is 13.6. The molecule has 0 aliphatic rings. The van der Waals surface area contributed by atoms with Crippen LogP contribution in [0.25, 0.3) is 0 Å². The van der Waals surface area contributed by atoms with E-state index in [0.29, 0.717) is 0 Å². The molecule has 4 heteroatoms. The van der Waals surface area contributed by atoms with E-state index < -0.39 is 0 Å². The van der Waals surface area contributed by atoms with Gasteiger partial charge in [0.05, 0.1) is 12.5 Å². The van der Waals surface area contributed by atoms with Gasteiger partial charge in [0.1, 0.15) is 5.75 Å². The van der Waals surface area contributed by atoms with Crippen LogP contribution in [0.4, 0.5) is 0 Å². The van der Waals surface area contributed by atoms with Crippen LogP contribution >= 0.6 is 38.9 Å². The largest absolute Gasteiger partial charge is 0.496 e. The van der Waals surface area contributed by atoms with Gasteiger partial charge in [0.15, 0.2) is 0 Å². The fourth-order valence-electron chi connectivity index (χ4n) is 1.96. The first-order chi connectivity index (χ1) is 8.52. The fourth-order valence-corrected chi connectivity index (χ4v) is 3.74. The predicted octanol–water partition coefficient (Wildman–Crippen LogP) is 5.46. The van der Waals surface area contributed by atoms with Crippen molar-refractivity contribution in [3.8, 4) is 5.75 Å². The molecule has 1 unspecified atom stereocenters. The number of thiophene rings is 1. The van der Waals surface area contributed by atoms with Crippen LogP contribution in [0.1, 0.15) is 26.3 Å². The van der Waals surface area contributed by atoms with Crippen LogP contribution in [0.5, 0.6) is 5.75 Å². The number of halogens is 2. The SMILES string of the molecule is COc1cc(Br)ccc1C(Cl)c1cc(C)sc1C. The minimum Gasteiger partial charge on any atom is -0.496 e. The second-order valence-electron chi connectivity index (χ2n) is 4.12. The van der Waals surface area contributed by atoms with Crippen LogP contribution in [0.3, 0.4) is 0 Å². The smallest absolute Gasteiger partial charge is 0.125 e. The van der Waals surface area contributed by atoms with Crippen LogP contribution in [0.15, 0.2) is 28.7 Å². The maximum absolute atomic E-state index is 6.60. The van der Waals surface area contributed by atoms with Crippen LogP contribution in [-0.4, -0.2) is 7.11 Å². The summed E-state index contributed by atoms with van der Waals surface area (Å²) in [5.74, 6) is 0.813. The summed E-state index contributed by atoms with van der Waals surface area (Å²) in [6, 6.07) is 8.09. The van der Waals surface area contributed by atoms with Gasteiger partial charge in [-0.15, -0.1) is 22.9 Å². The molecular weight excluding hydrogens is 332 g/mol. The van der Waals surface area contributed by atoms with Gasteiger partial charge in [-0.2, -0.15) is 0 Å². The van der Waals surface area contributed by atoms with E-state index in [9.17, 15) is 0 Å². The second kappa shape index (κ2) is 5.64. The number of benzene rings is 1. The lowest BCUT2D eigenvalue weighted by molar-refractivity contribution is 0.410. The summed E-state index contributed by atoms with van der Waals surface area (Å²) in [5, 5.41) is -0.169. The molecule has 2 rings (SSSR count). The molecule has 0 amide bonds. The minimum atomic E-state index is -0.169. The van der Waals surface area contributed by atoms with Crippen molar-refractivity contribution in [2.24, 2.45) is 0 Å². The average molecular weight is 346 g/mol. The first kappa shape index (κ1) is 13.9. The molecule has 1 atom stereocenters. The Bertz CT molecular complexity index is 565. The molecule has 0 saturated carbocycles. The summed E-state index contributed by atoms with van der Waals surface area (Å²) in [4.78, 5) is 2.54. The zero-order valence-electron chi connectivity index (χ0n) is 10.5. The quantitative estimate of drug-likeness (QED) is 0.671. The van der Waals surface area contributed by atoms with Gasteiger partial charge in [0, 0.05) is 19.8 Å². The summed E-state index contributed by atoms with van der Waals surface area (Å²) < 4.78 is 6.40. The molecule has 1 heterocycles. The third-order valence-electron chi connectivity index (χ3n) is 2.82. The highest BCUT2D eigenvalue weighted by Gasteiger charge is 2.19. The van der Waals surface area contributed by atoms with Crippen LogP contribution in [-0.2, 0) is 0 Å². The Morgan fingerprint density at radius 2 is 1.94 bits per heavy atom. The first-order valence-electron chi connectivity index (χ1n) is 5.57. The van der Waals surface area contributed by atoms with Crippen molar-refractivity contribution in [2.75, 3.05) is 7.11 Å². The molecule has 0 spiro atoms. The molecule has 96 valence electrons. The van der Waals surface area contributed by atoms with E-state index >= 15 is 0 Å². The molecule has 1 aromatic carbocycles. The van der Waals surface area contributed by atoms with Gasteiger partial charge >= 0.3 is 0 Å². The van der Waals surface area contributed by atoms with E-state index in [1.807, 2.05) is 18.2 Å². The van der Waals surface area contributed by atoms with Gasteiger partial charge in [0.2, 0.25) is 0 Å². The summed E-state index contributed by atoms with van der Waals surface area (Å²) in [7, 11) is 1.67. The molecule has 18 heavy (non-hydrogen) atoms. The standard InChI is InChI=1S/C14H14BrClOS/c1-8-6-12(9(2)18-8)14(16)11-5-4-10(15)7-13(11)17-3/h4-7,14H,1-3H3. The van der Waals surface area contributed by atoms with E-state index in [1.54, 1.807) is 18.4 Å². The molecule has 0 aliphatic carbocycles. The Balaban J connectivity index is 2.45. The summed E-state index contributed by atoms with van der Waals surface area (Å²) in [6.45, 7) is 4.21. The average Bonchev–Trinajstić information content (AvgIpc) is 2.67. The van der Waals surface area contributed by atoms with Crippen molar-refractivity contribution >= 4 is 38.9 Å². The maximum atomic E-state index is 6.60. The Kier molecular flexibility index (Phi) is 4.36. The summed E-state index contributed by atoms with van der Waals surface area (Å²) in [6.07, 6.45) is 0. The second-order valence-corrected chi connectivity index (χ2v) is 6.93. The van der Waals surface area contributed by atoms with Crippen LogP contribution in [0.2, 0.25) is 0 Å². The van der Waals surface area contributed by atoms with Crippen molar-refractivity contribution in [3.63, 3.8) is 0 Å². The highest BCUT2D eigenvalue weighted by molar-refractivity contribution is 9.10. The molecule has 0 saturated heterocycles. The van der Waals surface area contributed by atoms with E-state index in [4.69, 9.17) is 16.3 Å². The van der Waals surface area contributed by atoms with Crippen molar-refractivity contribution < 1.29 is 4.74 Å². The van der Waals surface area contributed by atoms with Gasteiger partial charge in [-0.05, 0) is 37.6 Å². The van der Waals surface area contributed by atoms with Gasteiger partial charge in [-0.1, -0.05) is 22.0 Å². The van der Waals surface area contributed by atoms with Gasteiger partial charge in [0.25, 0.3) is 0 Å². The molecule has 0 fully saturated rings. The van der Waals surface area contributed by atoms with Crippen molar-refractivity contribution in [1.29, 1.82) is 0 Å². The number of rotatable bonds is 3. The lowest BCUT2D eigenvalue weighted by atomic mass is 10.0. The maximum Gasteiger partial charge on any atom is 0.125 e. The third kappa shape index (κ3) is 2.73. The van der Waals surface area contributed by atoms with Gasteiger partial charge in [-0.3, -0.25) is 0 Å². The lowest BCUT2D eigenvalue weighted by Gasteiger charge is -2.14. The number of methoxy groups -OCH3 is 1. The van der Waals surface area contributed by atoms with E-state index in [1.165, 1.54) is 15.3 Å². The lowest BCUT2D eigenvalue weighted by Crippen LogP contribution is -1.97. The third-order valence-corrected chi connectivity index (χ3v) is 4.77. The Morgan fingerprint density at radius 1 is 1.22 bits per heavy atom. The van der Waals surface area contributed by atoms with Gasteiger partial charge in [-0.25, -0.2) is 0 Å². The molecule has 1 aromatic heterocycles. The molecule has 1 nitrogen and oxygen atoms in total. The molecule has 2 aromatic rings. The Labute approximate surface area is 125 Å². The first-order valence-corrected chi connectivity index (χ1v) is 7.62. The topological polar surface area (TPSA) is 9.23 Å². The number of hydrogen-bond acceptors (Lipinski definition) is 2. The Morgan fingerprint density at radius 3 is 2.50 bits per heavy atom. The molecule has 0 aliphatic heterocycles. The Hall–Kier alpha value is -0.510. The van der Waals surface area contributed by atoms with E-state index in [0.717, 1.165) is 15.8 Å². The summed E-state index contributed by atoms with van der Waals surface area (Å²) in [5.41, 5.74) is 2.17. The highest BCUT2D eigenvalue weighted by atomic mass is 79.9. The minimum absolute atomic E-state index is 0.169. The number of aryl methyl sites for hydroxylation is 2. The molecular formula is C14H14BrClOS. The van der Waals surface area contributed by atoms with E-state index in [2.05, 4.69) is 35.8 Å². The number of ether oxygens (including phenoxy) is 1. The molecule has 0 bridgehead atoms. The monoisotopic (exact) mass is 344 g/mol. The fraction of sp³-hybridized carbons (Fsp3) is 0.286. The van der Waals surface area contributed by atoms with Crippen molar-refractivity contribution in [2.45, 2.75) is 19.2 Å². The number of alkyl halides is 1. The number of hydrogen-bond donors (Lipinski definition) is 0. The molecule has 0 N–H and O–H groups in total. The zero-order chi connectivity index (χ0) is 13.3. The van der Waals surface area contributed by atoms with Crippen LogP contribution < -0.4 is 4.74 Å². The van der Waals surface area contributed by atoms with Crippen LogP contribution in [0, 0.1) is 13.8 Å². The normalized spacial score (nSPS) is 12.5. The highest BCUT2D eigenvalue weighted by Crippen LogP contribution is 2.39. The summed E-state index contributed by atoms with van der Waals surface area (Å²) >= 11 is 11.8. The van der Waals surface area contributed by atoms with Crippen molar-refractivity contribution in [3.05, 3.63) is 49.6 Å². The van der Waals surface area contributed by atoms with E-state index in [-0.39, 0.29) is 5.38 Å². The van der Waals surface area contributed by atoms with Crippen molar-refractivity contribution in [1.82, 2.24) is 0 Å². The predicted molar refractivity (Wildman–Crippen MR) is 82.2 cm³/mol. The molecule has 0 radical (unpaired) electrons. The van der Waals surface area contributed by atoms with Gasteiger partial charge < -0.3 is 4.74 Å².